The highest BCUT2D eigenvalue weighted by molar-refractivity contribution is 6.13. The van der Waals surface area contributed by atoms with Crippen LogP contribution in [0, 0.1) is 0 Å². The molecule has 1 aliphatic rings. The summed E-state index contributed by atoms with van der Waals surface area (Å²) in [5.74, 6) is -0.278. The first-order valence-electron chi connectivity index (χ1n) is 7.81. The lowest BCUT2D eigenvalue weighted by Gasteiger charge is -2.12. The summed E-state index contributed by atoms with van der Waals surface area (Å²) in [6, 6.07) is 11.4. The molecule has 0 atom stereocenters. The predicted octanol–water partition coefficient (Wildman–Crippen LogP) is 3.65. The highest BCUT2D eigenvalue weighted by Crippen LogP contribution is 2.35. The normalized spacial score (nSPS) is 14.9. The van der Waals surface area contributed by atoms with Gasteiger partial charge >= 0.3 is 12.6 Å². The average molecular weight is 375 g/mol. The molecule has 0 aromatic heterocycles. The van der Waals surface area contributed by atoms with Gasteiger partial charge in [0.05, 0.1) is 19.8 Å². The Labute approximate surface area is 153 Å². The van der Waals surface area contributed by atoms with Crippen LogP contribution >= 0.6 is 0 Å². The van der Waals surface area contributed by atoms with E-state index in [-0.39, 0.29) is 28.7 Å². The van der Waals surface area contributed by atoms with E-state index >= 15 is 0 Å². The lowest BCUT2D eigenvalue weighted by molar-refractivity contribution is -0.129. The minimum Gasteiger partial charge on any atom is -0.496 e. The fourth-order valence-electron chi connectivity index (χ4n) is 2.52. The number of hydrogen-bond acceptors (Lipinski definition) is 6. The van der Waals surface area contributed by atoms with Crippen LogP contribution in [0.4, 0.5) is 8.78 Å². The zero-order chi connectivity index (χ0) is 19.4. The van der Waals surface area contributed by atoms with Crippen molar-refractivity contribution in [3.05, 3.63) is 59.3 Å². The van der Waals surface area contributed by atoms with Gasteiger partial charge in [0.2, 0.25) is 5.90 Å². The maximum Gasteiger partial charge on any atom is 0.387 e. The molecule has 0 amide bonds. The van der Waals surface area contributed by atoms with Gasteiger partial charge in [-0.1, -0.05) is 24.3 Å². The number of methoxy groups -OCH3 is 2. The number of ether oxygens (including phenoxy) is 4. The second-order valence-electron chi connectivity index (χ2n) is 5.29. The van der Waals surface area contributed by atoms with Gasteiger partial charge in [-0.05, 0) is 24.3 Å². The van der Waals surface area contributed by atoms with Gasteiger partial charge in [0.25, 0.3) is 0 Å². The molecule has 1 aliphatic heterocycles. The van der Waals surface area contributed by atoms with Crippen LogP contribution in [0.15, 0.2) is 53.2 Å². The summed E-state index contributed by atoms with van der Waals surface area (Å²) in [4.78, 5) is 16.3. The van der Waals surface area contributed by atoms with Crippen molar-refractivity contribution in [3.8, 4) is 17.2 Å². The van der Waals surface area contributed by atoms with E-state index in [0.717, 1.165) is 0 Å². The number of rotatable bonds is 6. The molecular weight excluding hydrogens is 360 g/mol. The third-order valence-electron chi connectivity index (χ3n) is 3.69. The van der Waals surface area contributed by atoms with Gasteiger partial charge in [-0.15, -0.1) is 0 Å². The molecular formula is C19H15F2NO5. The van der Waals surface area contributed by atoms with Crippen LogP contribution in [-0.4, -0.2) is 32.7 Å². The van der Waals surface area contributed by atoms with E-state index in [4.69, 9.17) is 14.2 Å². The van der Waals surface area contributed by atoms with E-state index in [0.29, 0.717) is 11.3 Å². The Morgan fingerprint density at radius 1 is 1.04 bits per heavy atom. The summed E-state index contributed by atoms with van der Waals surface area (Å²) in [7, 11) is 2.81. The maximum atomic E-state index is 12.7. The van der Waals surface area contributed by atoms with Crippen molar-refractivity contribution in [2.24, 2.45) is 4.99 Å². The number of aliphatic imine (C=N–C) groups is 1. The summed E-state index contributed by atoms with van der Waals surface area (Å²) in [5, 5.41) is 0. The maximum absolute atomic E-state index is 12.7. The van der Waals surface area contributed by atoms with Crippen molar-refractivity contribution < 1.29 is 32.5 Å². The Hall–Kier alpha value is -3.42. The van der Waals surface area contributed by atoms with Crippen molar-refractivity contribution in [3.63, 3.8) is 0 Å². The predicted molar refractivity (Wildman–Crippen MR) is 93.2 cm³/mol. The molecule has 0 saturated heterocycles. The fraction of sp³-hybridized carbons (Fsp3) is 0.158. The standard InChI is InChI=1S/C19H15F2NO5/c1-24-14-8-4-3-7-12(14)17-22-13(18(23)27-17)10-11-6-5-9-15(25-2)16(11)26-19(20)21/h3-10,19H,1-2H3/b13-10-. The molecule has 0 N–H and O–H groups in total. The smallest absolute Gasteiger partial charge is 0.387 e. The van der Waals surface area contributed by atoms with Gasteiger partial charge in [-0.3, -0.25) is 0 Å². The summed E-state index contributed by atoms with van der Waals surface area (Å²) in [5.41, 5.74) is 0.626. The second kappa shape index (κ2) is 7.86. The number of halogens is 2. The monoisotopic (exact) mass is 375 g/mol. The van der Waals surface area contributed by atoms with Gasteiger partial charge < -0.3 is 18.9 Å². The van der Waals surface area contributed by atoms with E-state index < -0.39 is 12.6 Å². The van der Waals surface area contributed by atoms with Crippen molar-refractivity contribution >= 4 is 17.9 Å². The molecule has 0 aliphatic carbocycles. The molecule has 0 saturated carbocycles. The molecule has 0 radical (unpaired) electrons. The second-order valence-corrected chi connectivity index (χ2v) is 5.29. The Bertz CT molecular complexity index is 924. The van der Waals surface area contributed by atoms with Crippen molar-refractivity contribution in [1.82, 2.24) is 0 Å². The third-order valence-corrected chi connectivity index (χ3v) is 3.69. The van der Waals surface area contributed by atoms with E-state index in [1.54, 1.807) is 30.3 Å². The largest absolute Gasteiger partial charge is 0.496 e. The number of hydrogen-bond donors (Lipinski definition) is 0. The van der Waals surface area contributed by atoms with E-state index in [9.17, 15) is 13.6 Å². The van der Waals surface area contributed by atoms with E-state index in [1.165, 1.54) is 32.4 Å². The van der Waals surface area contributed by atoms with Crippen LogP contribution in [-0.2, 0) is 9.53 Å². The number of alkyl halides is 2. The quantitative estimate of drug-likeness (QED) is 0.570. The Morgan fingerprint density at radius 3 is 2.44 bits per heavy atom. The summed E-state index contributed by atoms with van der Waals surface area (Å²) >= 11 is 0. The Kier molecular flexibility index (Phi) is 5.35. The van der Waals surface area contributed by atoms with Crippen molar-refractivity contribution in [2.75, 3.05) is 14.2 Å². The van der Waals surface area contributed by atoms with E-state index in [2.05, 4.69) is 9.73 Å². The van der Waals surface area contributed by atoms with Crippen LogP contribution < -0.4 is 14.2 Å². The molecule has 140 valence electrons. The van der Waals surface area contributed by atoms with Crippen LogP contribution in [0.5, 0.6) is 17.2 Å². The first-order valence-corrected chi connectivity index (χ1v) is 7.81. The number of para-hydroxylation sites is 2. The Morgan fingerprint density at radius 2 is 1.74 bits per heavy atom. The lowest BCUT2D eigenvalue weighted by atomic mass is 10.1. The molecule has 2 aromatic rings. The molecule has 27 heavy (non-hydrogen) atoms. The number of carbonyl (C=O) groups excluding carboxylic acids is 1. The summed E-state index contributed by atoms with van der Waals surface area (Å²) in [6.45, 7) is -3.05. The first-order chi connectivity index (χ1) is 13.0. The average Bonchev–Trinajstić information content (AvgIpc) is 3.03. The molecule has 0 spiro atoms. The number of nitrogens with zero attached hydrogens (tertiary/aromatic N) is 1. The van der Waals surface area contributed by atoms with Gasteiger partial charge in [-0.2, -0.15) is 8.78 Å². The molecule has 2 aromatic carbocycles. The minimum atomic E-state index is -3.05. The molecule has 8 heteroatoms. The number of carbonyl (C=O) groups is 1. The Balaban J connectivity index is 2.03. The highest BCUT2D eigenvalue weighted by atomic mass is 19.3. The van der Waals surface area contributed by atoms with Crippen LogP contribution in [0.1, 0.15) is 11.1 Å². The van der Waals surface area contributed by atoms with Crippen molar-refractivity contribution in [2.45, 2.75) is 6.61 Å². The molecule has 0 bridgehead atoms. The minimum absolute atomic E-state index is 0.0583. The zero-order valence-corrected chi connectivity index (χ0v) is 14.4. The lowest BCUT2D eigenvalue weighted by Crippen LogP contribution is -2.07. The fourth-order valence-corrected chi connectivity index (χ4v) is 2.52. The molecule has 0 fully saturated rings. The van der Waals surface area contributed by atoms with Gasteiger partial charge in [0, 0.05) is 5.56 Å². The number of cyclic esters (lactones) is 1. The number of esters is 1. The van der Waals surface area contributed by atoms with Crippen LogP contribution in [0.2, 0.25) is 0 Å². The van der Waals surface area contributed by atoms with E-state index in [1.807, 2.05) is 0 Å². The molecule has 3 rings (SSSR count). The third kappa shape index (κ3) is 3.89. The molecule has 6 nitrogen and oxygen atoms in total. The highest BCUT2D eigenvalue weighted by Gasteiger charge is 2.27. The summed E-state index contributed by atoms with van der Waals surface area (Å²) in [6.07, 6.45) is 1.30. The SMILES string of the molecule is COc1ccccc1C1=N/C(=C\c2cccc(OC)c2OC(F)F)C(=O)O1. The zero-order valence-electron chi connectivity index (χ0n) is 14.4. The van der Waals surface area contributed by atoms with Crippen LogP contribution in [0.25, 0.3) is 6.08 Å². The van der Waals surface area contributed by atoms with Gasteiger partial charge in [0.15, 0.2) is 17.2 Å². The topological polar surface area (TPSA) is 66.3 Å². The molecule has 1 heterocycles. The summed E-state index contributed by atoms with van der Waals surface area (Å²) < 4.78 is 45.5. The molecule has 0 unspecified atom stereocenters. The van der Waals surface area contributed by atoms with Gasteiger partial charge in [-0.25, -0.2) is 9.79 Å². The van der Waals surface area contributed by atoms with Crippen molar-refractivity contribution in [1.29, 1.82) is 0 Å². The first kappa shape index (κ1) is 18.4. The van der Waals surface area contributed by atoms with Gasteiger partial charge in [0.1, 0.15) is 5.75 Å². The number of benzene rings is 2. The van der Waals surface area contributed by atoms with Crippen LogP contribution in [0.3, 0.4) is 0 Å².